The van der Waals surface area contributed by atoms with Crippen molar-refractivity contribution in [2.75, 3.05) is 13.2 Å². The third-order valence-electron chi connectivity index (χ3n) is 3.91. The highest BCUT2D eigenvalue weighted by atomic mass is 32.2. The number of nitrogens with two attached hydrogens (primary N) is 1. The number of aryl methyl sites for hydroxylation is 1. The Balaban J connectivity index is 0.000000389. The maximum Gasteiger partial charge on any atom is 0.408 e. The third-order valence-corrected chi connectivity index (χ3v) is 4.77. The van der Waals surface area contributed by atoms with E-state index in [2.05, 4.69) is 11.9 Å². The number of amides is 1. The maximum absolute atomic E-state index is 11.7. The summed E-state index contributed by atoms with van der Waals surface area (Å²) < 4.78 is 39.5. The summed E-state index contributed by atoms with van der Waals surface area (Å²) in [4.78, 5) is 23.3. The Hall–Kier alpha value is -3.21. The van der Waals surface area contributed by atoms with Crippen LogP contribution in [-0.4, -0.2) is 44.2 Å². The van der Waals surface area contributed by atoms with Gasteiger partial charge in [-0.1, -0.05) is 60.7 Å². The van der Waals surface area contributed by atoms with Gasteiger partial charge in [0.25, 0.3) is 10.1 Å². The Bertz CT molecular complexity index is 962. The quantitative estimate of drug-likeness (QED) is 0.292. The molecular weight excluding hydrogens is 436 g/mol. The summed E-state index contributed by atoms with van der Waals surface area (Å²) in [5.41, 5.74) is 7.23. The van der Waals surface area contributed by atoms with Crippen molar-refractivity contribution in [3.05, 3.63) is 78.4 Å². The van der Waals surface area contributed by atoms with E-state index >= 15 is 0 Å². The zero-order valence-electron chi connectivity index (χ0n) is 17.8. The van der Waals surface area contributed by atoms with Gasteiger partial charge in [-0.2, -0.15) is 8.42 Å². The normalized spacial score (nSPS) is 11.3. The summed E-state index contributed by atoms with van der Waals surface area (Å²) in [5.74, 6) is -0.558. The SMILES string of the molecule is C=CCOC(=O)[C@@H](CCN)NC(=O)OCc1ccccc1.Cc1ccc(S(=O)(=O)O)cc1. The molecule has 0 radical (unpaired) electrons. The Kier molecular flexibility index (Phi) is 11.7. The van der Waals surface area contributed by atoms with Crippen LogP contribution in [-0.2, 0) is 31.0 Å². The Morgan fingerprint density at radius 1 is 1.12 bits per heavy atom. The van der Waals surface area contributed by atoms with Crippen LogP contribution in [0.1, 0.15) is 17.5 Å². The van der Waals surface area contributed by atoms with E-state index in [1.807, 2.05) is 37.3 Å². The largest absolute Gasteiger partial charge is 0.460 e. The molecule has 2 aromatic rings. The van der Waals surface area contributed by atoms with Crippen LogP contribution in [0.4, 0.5) is 4.79 Å². The van der Waals surface area contributed by atoms with E-state index in [4.69, 9.17) is 19.8 Å². The van der Waals surface area contributed by atoms with Crippen LogP contribution in [0.15, 0.2) is 72.1 Å². The topological polar surface area (TPSA) is 145 Å². The molecule has 0 saturated carbocycles. The molecule has 0 unspecified atom stereocenters. The van der Waals surface area contributed by atoms with Crippen molar-refractivity contribution in [1.82, 2.24) is 5.32 Å². The predicted octanol–water partition coefficient (Wildman–Crippen LogP) is 2.60. The molecule has 0 spiro atoms. The van der Waals surface area contributed by atoms with Gasteiger partial charge in [0.2, 0.25) is 0 Å². The first-order valence-corrected chi connectivity index (χ1v) is 11.1. The maximum atomic E-state index is 11.7. The van der Waals surface area contributed by atoms with Crippen molar-refractivity contribution in [3.63, 3.8) is 0 Å². The van der Waals surface area contributed by atoms with Gasteiger partial charge in [-0.25, -0.2) is 9.59 Å². The number of rotatable bonds is 9. The number of esters is 1. The van der Waals surface area contributed by atoms with Crippen molar-refractivity contribution in [3.8, 4) is 0 Å². The van der Waals surface area contributed by atoms with Crippen molar-refractivity contribution < 1.29 is 32.0 Å². The Labute approximate surface area is 188 Å². The van der Waals surface area contributed by atoms with E-state index < -0.39 is 28.2 Å². The first kappa shape index (κ1) is 26.8. The number of nitrogens with one attached hydrogen (secondary N) is 1. The Morgan fingerprint density at radius 2 is 1.75 bits per heavy atom. The molecule has 4 N–H and O–H groups in total. The van der Waals surface area contributed by atoms with Gasteiger partial charge in [-0.15, -0.1) is 0 Å². The lowest BCUT2D eigenvalue weighted by molar-refractivity contribution is -0.144. The van der Waals surface area contributed by atoms with E-state index in [0.717, 1.165) is 11.1 Å². The second-order valence-electron chi connectivity index (χ2n) is 6.54. The first-order chi connectivity index (χ1) is 15.2. The minimum absolute atomic E-state index is 0.0666. The monoisotopic (exact) mass is 464 g/mol. The lowest BCUT2D eigenvalue weighted by Crippen LogP contribution is -2.43. The van der Waals surface area contributed by atoms with Crippen LogP contribution in [0.25, 0.3) is 0 Å². The van der Waals surface area contributed by atoms with Crippen LogP contribution in [0, 0.1) is 6.92 Å². The zero-order valence-corrected chi connectivity index (χ0v) is 18.6. The van der Waals surface area contributed by atoms with E-state index in [9.17, 15) is 18.0 Å². The molecule has 32 heavy (non-hydrogen) atoms. The fourth-order valence-corrected chi connectivity index (χ4v) is 2.75. The number of hydrogen-bond acceptors (Lipinski definition) is 7. The van der Waals surface area contributed by atoms with Gasteiger partial charge in [0.15, 0.2) is 0 Å². The van der Waals surface area contributed by atoms with Gasteiger partial charge in [0, 0.05) is 0 Å². The van der Waals surface area contributed by atoms with Gasteiger partial charge < -0.3 is 20.5 Å². The summed E-state index contributed by atoms with van der Waals surface area (Å²) >= 11 is 0. The molecule has 2 rings (SSSR count). The van der Waals surface area contributed by atoms with E-state index in [-0.39, 0.29) is 31.1 Å². The molecular formula is C22H28N2O7S. The average Bonchev–Trinajstić information content (AvgIpc) is 2.76. The molecule has 0 aliphatic carbocycles. The smallest absolute Gasteiger partial charge is 0.408 e. The van der Waals surface area contributed by atoms with Crippen LogP contribution in [0.3, 0.4) is 0 Å². The second-order valence-corrected chi connectivity index (χ2v) is 7.96. The summed E-state index contributed by atoms with van der Waals surface area (Å²) in [5, 5.41) is 2.45. The van der Waals surface area contributed by atoms with Gasteiger partial charge >= 0.3 is 12.1 Å². The van der Waals surface area contributed by atoms with Crippen molar-refractivity contribution in [2.24, 2.45) is 5.73 Å². The molecule has 0 heterocycles. The number of benzene rings is 2. The first-order valence-electron chi connectivity index (χ1n) is 9.66. The predicted molar refractivity (Wildman–Crippen MR) is 119 cm³/mol. The number of alkyl carbamates (subject to hydrolysis) is 1. The van der Waals surface area contributed by atoms with Crippen LogP contribution < -0.4 is 11.1 Å². The minimum Gasteiger partial charge on any atom is -0.460 e. The standard InChI is InChI=1S/C15H20N2O4.C7H8O3S/c1-2-10-20-14(18)13(8-9-16)17-15(19)21-11-12-6-4-3-5-7-12;1-6-2-4-7(5-3-6)11(8,9)10/h2-7,13H,1,8-11,16H2,(H,17,19);2-5H,1H3,(H,8,9,10)/t13-;/m1./s1. The molecule has 0 fully saturated rings. The average molecular weight is 465 g/mol. The van der Waals surface area contributed by atoms with Crippen molar-refractivity contribution >= 4 is 22.2 Å². The molecule has 2 aromatic carbocycles. The van der Waals surface area contributed by atoms with Gasteiger partial charge in [-0.3, -0.25) is 4.55 Å². The summed E-state index contributed by atoms with van der Waals surface area (Å²) in [7, 11) is -4.02. The number of carbonyl (C=O) groups excluding carboxylic acids is 2. The molecule has 0 saturated heterocycles. The zero-order chi connectivity index (χ0) is 24.0. The molecule has 9 nitrogen and oxygen atoms in total. The summed E-state index contributed by atoms with van der Waals surface area (Å²) in [6.07, 6.45) is 1.04. The molecule has 1 amide bonds. The van der Waals surface area contributed by atoms with Gasteiger partial charge in [0.05, 0.1) is 4.90 Å². The molecule has 0 aliphatic rings. The van der Waals surface area contributed by atoms with Crippen LogP contribution in [0.5, 0.6) is 0 Å². The van der Waals surface area contributed by atoms with E-state index in [1.54, 1.807) is 12.1 Å². The lowest BCUT2D eigenvalue weighted by Gasteiger charge is -2.16. The highest BCUT2D eigenvalue weighted by Crippen LogP contribution is 2.08. The molecule has 0 aliphatic heterocycles. The van der Waals surface area contributed by atoms with Crippen LogP contribution >= 0.6 is 0 Å². The fraction of sp³-hybridized carbons (Fsp3) is 0.273. The molecule has 0 bridgehead atoms. The van der Waals surface area contributed by atoms with Gasteiger partial charge in [0.1, 0.15) is 19.3 Å². The van der Waals surface area contributed by atoms with Crippen molar-refractivity contribution in [1.29, 1.82) is 0 Å². The highest BCUT2D eigenvalue weighted by molar-refractivity contribution is 7.85. The van der Waals surface area contributed by atoms with E-state index in [1.165, 1.54) is 18.2 Å². The Morgan fingerprint density at radius 3 is 2.28 bits per heavy atom. The summed E-state index contributed by atoms with van der Waals surface area (Å²) in [6, 6.07) is 14.4. The molecule has 174 valence electrons. The number of carbonyl (C=O) groups is 2. The highest BCUT2D eigenvalue weighted by Gasteiger charge is 2.21. The van der Waals surface area contributed by atoms with Gasteiger partial charge in [-0.05, 0) is 37.6 Å². The molecule has 10 heteroatoms. The van der Waals surface area contributed by atoms with E-state index in [0.29, 0.717) is 0 Å². The lowest BCUT2D eigenvalue weighted by atomic mass is 10.2. The third kappa shape index (κ3) is 10.7. The number of hydrogen-bond donors (Lipinski definition) is 3. The number of ether oxygens (including phenoxy) is 2. The molecule has 0 aromatic heterocycles. The molecule has 1 atom stereocenters. The summed E-state index contributed by atoms with van der Waals surface area (Å²) in [6.45, 7) is 5.74. The second kappa shape index (κ2) is 14.0. The van der Waals surface area contributed by atoms with Crippen LogP contribution in [0.2, 0.25) is 0 Å². The van der Waals surface area contributed by atoms with Crippen molar-refractivity contribution in [2.45, 2.75) is 30.9 Å². The minimum atomic E-state index is -4.02. The fourth-order valence-electron chi connectivity index (χ4n) is 2.27.